The van der Waals surface area contributed by atoms with E-state index in [1.807, 2.05) is 37.3 Å². The summed E-state index contributed by atoms with van der Waals surface area (Å²) >= 11 is 6.13. The molecule has 3 aromatic carbocycles. The zero-order chi connectivity index (χ0) is 26.6. The minimum Gasteiger partial charge on any atom is -0.507 e. The number of aryl methyl sites for hydroxylation is 1. The molecule has 0 atom stereocenters. The third-order valence-corrected chi connectivity index (χ3v) is 7.21. The van der Waals surface area contributed by atoms with Gasteiger partial charge in [0.25, 0.3) is 5.91 Å². The van der Waals surface area contributed by atoms with Crippen LogP contribution in [-0.2, 0) is 6.54 Å². The maximum absolute atomic E-state index is 13.2. The van der Waals surface area contributed by atoms with Gasteiger partial charge in [0.1, 0.15) is 5.75 Å². The van der Waals surface area contributed by atoms with Crippen LogP contribution in [-0.4, -0.2) is 26.8 Å². The van der Waals surface area contributed by atoms with E-state index < -0.39 is 0 Å². The standard InChI is InChI=1S/C30H29ClN4O3/c1-19-7-6-8-20(15-19)18-32-30(38)35-27(21-9-2-3-10-21)17-26(34-35)24-14-13-22(16-28(24)36)33-29(37)23-11-4-5-12-25(23)31/h4-8,11-17,21,36H,2-3,9-10,18H2,1H3,(H,32,38)(H,33,37). The largest absolute Gasteiger partial charge is 0.507 e. The number of phenols is 1. The molecule has 194 valence electrons. The second-order valence-electron chi connectivity index (χ2n) is 9.66. The Morgan fingerprint density at radius 2 is 1.82 bits per heavy atom. The lowest BCUT2D eigenvalue weighted by Crippen LogP contribution is -2.30. The van der Waals surface area contributed by atoms with Gasteiger partial charge in [-0.2, -0.15) is 9.78 Å². The number of halogens is 1. The lowest BCUT2D eigenvalue weighted by atomic mass is 10.0. The molecule has 38 heavy (non-hydrogen) atoms. The first-order chi connectivity index (χ1) is 18.4. The zero-order valence-electron chi connectivity index (χ0n) is 21.1. The maximum Gasteiger partial charge on any atom is 0.342 e. The van der Waals surface area contributed by atoms with Crippen LogP contribution in [0.2, 0.25) is 5.02 Å². The molecule has 1 fully saturated rings. The number of nitrogens with zero attached hydrogens (tertiary/aromatic N) is 2. The highest BCUT2D eigenvalue weighted by Crippen LogP contribution is 2.38. The van der Waals surface area contributed by atoms with Crippen LogP contribution in [0.25, 0.3) is 11.3 Å². The van der Waals surface area contributed by atoms with Gasteiger partial charge < -0.3 is 15.7 Å². The van der Waals surface area contributed by atoms with Gasteiger partial charge in [-0.15, -0.1) is 0 Å². The summed E-state index contributed by atoms with van der Waals surface area (Å²) in [5, 5.41) is 21.5. The molecule has 2 amide bonds. The lowest BCUT2D eigenvalue weighted by Gasteiger charge is -2.12. The van der Waals surface area contributed by atoms with Crippen LogP contribution < -0.4 is 10.6 Å². The molecule has 1 heterocycles. The van der Waals surface area contributed by atoms with Gasteiger partial charge in [-0.1, -0.05) is 66.4 Å². The predicted octanol–water partition coefficient (Wildman–Crippen LogP) is 6.89. The van der Waals surface area contributed by atoms with Gasteiger partial charge in [0.15, 0.2) is 0 Å². The molecule has 0 aliphatic heterocycles. The summed E-state index contributed by atoms with van der Waals surface area (Å²) in [5.41, 5.74) is 4.72. The van der Waals surface area contributed by atoms with E-state index in [-0.39, 0.29) is 23.6 Å². The van der Waals surface area contributed by atoms with E-state index in [0.717, 1.165) is 42.5 Å². The number of carbonyl (C=O) groups excluding carboxylic acids is 2. The Kier molecular flexibility index (Phi) is 7.47. The fourth-order valence-corrected chi connectivity index (χ4v) is 5.17. The molecule has 0 unspecified atom stereocenters. The average molecular weight is 529 g/mol. The Morgan fingerprint density at radius 1 is 1.03 bits per heavy atom. The number of aromatic nitrogens is 2. The smallest absolute Gasteiger partial charge is 0.342 e. The number of benzene rings is 3. The third-order valence-electron chi connectivity index (χ3n) is 6.88. The van der Waals surface area contributed by atoms with Crippen LogP contribution in [0.15, 0.2) is 72.8 Å². The van der Waals surface area contributed by atoms with E-state index in [1.165, 1.54) is 10.7 Å². The highest BCUT2D eigenvalue weighted by atomic mass is 35.5. The van der Waals surface area contributed by atoms with Crippen molar-refractivity contribution in [3.63, 3.8) is 0 Å². The molecule has 1 aromatic heterocycles. The second kappa shape index (κ2) is 11.1. The van der Waals surface area contributed by atoms with Crippen LogP contribution in [0, 0.1) is 6.92 Å². The van der Waals surface area contributed by atoms with Crippen molar-refractivity contribution in [2.45, 2.75) is 45.1 Å². The topological polar surface area (TPSA) is 96.3 Å². The summed E-state index contributed by atoms with van der Waals surface area (Å²) in [4.78, 5) is 25.8. The molecule has 5 rings (SSSR count). The molecule has 8 heteroatoms. The molecule has 4 aromatic rings. The van der Waals surface area contributed by atoms with Gasteiger partial charge >= 0.3 is 6.03 Å². The number of rotatable bonds is 6. The molecular formula is C30H29ClN4O3. The Morgan fingerprint density at radius 3 is 2.55 bits per heavy atom. The first kappa shape index (κ1) is 25.5. The van der Waals surface area contributed by atoms with Crippen molar-refractivity contribution in [3.8, 4) is 17.0 Å². The molecular weight excluding hydrogens is 500 g/mol. The molecule has 0 bridgehead atoms. The van der Waals surface area contributed by atoms with Gasteiger partial charge in [0.05, 0.1) is 22.0 Å². The number of anilines is 1. The molecule has 7 nitrogen and oxygen atoms in total. The molecule has 1 aliphatic rings. The van der Waals surface area contributed by atoms with Gasteiger partial charge in [0.2, 0.25) is 0 Å². The third kappa shape index (κ3) is 5.58. The molecule has 0 spiro atoms. The number of aromatic hydroxyl groups is 1. The Balaban J connectivity index is 1.38. The van der Waals surface area contributed by atoms with Crippen molar-refractivity contribution in [2.24, 2.45) is 0 Å². The quantitative estimate of drug-likeness (QED) is 0.254. The molecule has 1 aliphatic carbocycles. The normalized spacial score (nSPS) is 13.4. The second-order valence-corrected chi connectivity index (χ2v) is 10.1. The van der Waals surface area contributed by atoms with E-state index in [1.54, 1.807) is 36.4 Å². The Labute approximate surface area is 226 Å². The van der Waals surface area contributed by atoms with Crippen LogP contribution in [0.5, 0.6) is 5.75 Å². The molecule has 0 radical (unpaired) electrons. The van der Waals surface area contributed by atoms with Crippen molar-refractivity contribution < 1.29 is 14.7 Å². The number of hydrogen-bond acceptors (Lipinski definition) is 4. The first-order valence-corrected chi connectivity index (χ1v) is 13.1. The highest BCUT2D eigenvalue weighted by molar-refractivity contribution is 6.34. The summed E-state index contributed by atoms with van der Waals surface area (Å²) < 4.78 is 1.44. The zero-order valence-corrected chi connectivity index (χ0v) is 21.8. The molecule has 0 saturated heterocycles. The van der Waals surface area contributed by atoms with Gasteiger partial charge in [0, 0.05) is 29.8 Å². The molecule has 1 saturated carbocycles. The minimum atomic E-state index is -0.374. The SMILES string of the molecule is Cc1cccc(CNC(=O)n2nc(-c3ccc(NC(=O)c4ccccc4Cl)cc3O)cc2C2CCCC2)c1. The van der Waals surface area contributed by atoms with Crippen molar-refractivity contribution in [1.82, 2.24) is 15.1 Å². The van der Waals surface area contributed by atoms with Gasteiger partial charge in [-0.25, -0.2) is 4.79 Å². The van der Waals surface area contributed by atoms with Crippen LogP contribution in [0.4, 0.5) is 10.5 Å². The summed E-state index contributed by atoms with van der Waals surface area (Å²) in [6.45, 7) is 2.41. The fraction of sp³-hybridized carbons (Fsp3) is 0.233. The van der Waals surface area contributed by atoms with Gasteiger partial charge in [-0.05, 0) is 55.7 Å². The first-order valence-electron chi connectivity index (χ1n) is 12.7. The Bertz CT molecular complexity index is 1490. The summed E-state index contributed by atoms with van der Waals surface area (Å²) in [5.74, 6) is -0.192. The lowest BCUT2D eigenvalue weighted by molar-refractivity contribution is 0.102. The van der Waals surface area contributed by atoms with E-state index >= 15 is 0 Å². The highest BCUT2D eigenvalue weighted by Gasteiger charge is 2.26. The van der Waals surface area contributed by atoms with E-state index in [0.29, 0.717) is 34.1 Å². The predicted molar refractivity (Wildman–Crippen MR) is 149 cm³/mol. The summed E-state index contributed by atoms with van der Waals surface area (Å²) in [6, 6.07) is 21.2. The number of phenolic OH excluding ortho intramolecular Hbond substituents is 1. The minimum absolute atomic E-state index is 0.0512. The summed E-state index contributed by atoms with van der Waals surface area (Å²) in [6.07, 6.45) is 4.22. The van der Waals surface area contributed by atoms with Gasteiger partial charge in [-0.3, -0.25) is 4.79 Å². The monoisotopic (exact) mass is 528 g/mol. The number of nitrogens with one attached hydrogen (secondary N) is 2. The summed E-state index contributed by atoms with van der Waals surface area (Å²) in [7, 11) is 0. The van der Waals surface area contributed by atoms with E-state index in [2.05, 4.69) is 15.7 Å². The van der Waals surface area contributed by atoms with Crippen molar-refractivity contribution in [1.29, 1.82) is 0 Å². The van der Waals surface area contributed by atoms with Crippen molar-refractivity contribution in [2.75, 3.05) is 5.32 Å². The maximum atomic E-state index is 13.2. The number of amides is 2. The number of carbonyl (C=O) groups is 2. The van der Waals surface area contributed by atoms with Crippen molar-refractivity contribution in [3.05, 3.63) is 100 Å². The van der Waals surface area contributed by atoms with E-state index in [9.17, 15) is 14.7 Å². The Hall–Kier alpha value is -4.10. The fourth-order valence-electron chi connectivity index (χ4n) is 4.95. The van der Waals surface area contributed by atoms with Crippen LogP contribution in [0.1, 0.15) is 58.8 Å². The van der Waals surface area contributed by atoms with E-state index in [4.69, 9.17) is 11.6 Å². The van der Waals surface area contributed by atoms with Crippen molar-refractivity contribution >= 4 is 29.2 Å². The van der Waals surface area contributed by atoms with Crippen LogP contribution >= 0.6 is 11.6 Å². The van der Waals surface area contributed by atoms with Crippen LogP contribution in [0.3, 0.4) is 0 Å². The molecule has 3 N–H and O–H groups in total. The average Bonchev–Trinajstić information content (AvgIpc) is 3.58. The number of hydrogen-bond donors (Lipinski definition) is 3.